The first-order valence-corrected chi connectivity index (χ1v) is 9.18. The summed E-state index contributed by atoms with van der Waals surface area (Å²) in [6.07, 6.45) is 1.54. The molecule has 27 heavy (non-hydrogen) atoms. The van der Waals surface area contributed by atoms with E-state index in [2.05, 4.69) is 19.9 Å². The van der Waals surface area contributed by atoms with Gasteiger partial charge in [0.15, 0.2) is 12.4 Å². The number of fused-ring (bicyclic) bond motifs is 1. The van der Waals surface area contributed by atoms with Crippen LogP contribution in [0.4, 0.5) is 5.69 Å². The van der Waals surface area contributed by atoms with Gasteiger partial charge in [0, 0.05) is 29.9 Å². The molecular formula is C21H19Cl2NO3. The topological polar surface area (TPSA) is 46.6 Å². The van der Waals surface area contributed by atoms with Crippen molar-refractivity contribution in [2.45, 2.75) is 19.3 Å². The van der Waals surface area contributed by atoms with Crippen LogP contribution in [0.1, 0.15) is 29.8 Å². The second-order valence-corrected chi connectivity index (χ2v) is 7.72. The number of para-hydroxylation sites is 1. The van der Waals surface area contributed by atoms with Crippen molar-refractivity contribution >= 4 is 40.6 Å². The van der Waals surface area contributed by atoms with Crippen LogP contribution < -0.4 is 4.90 Å². The second-order valence-electron chi connectivity index (χ2n) is 6.90. The summed E-state index contributed by atoms with van der Waals surface area (Å²) in [5.74, 6) is -0.909. The Morgan fingerprint density at radius 2 is 1.81 bits per heavy atom. The van der Waals surface area contributed by atoms with Gasteiger partial charge in [-0.05, 0) is 29.8 Å². The normalized spacial score (nSPS) is 16.3. The van der Waals surface area contributed by atoms with E-state index in [1.165, 1.54) is 18.2 Å². The van der Waals surface area contributed by atoms with Crippen molar-refractivity contribution in [3.05, 3.63) is 75.4 Å². The fourth-order valence-corrected chi connectivity index (χ4v) is 3.59. The van der Waals surface area contributed by atoms with Gasteiger partial charge >= 0.3 is 5.97 Å². The number of halogens is 2. The minimum Gasteiger partial charge on any atom is -0.454 e. The highest BCUT2D eigenvalue weighted by Crippen LogP contribution is 2.46. The maximum Gasteiger partial charge on any atom is 0.338 e. The fraction of sp³-hybridized carbons (Fsp3) is 0.238. The molecule has 0 bridgehead atoms. The van der Waals surface area contributed by atoms with Gasteiger partial charge in [0.25, 0.3) is 0 Å². The van der Waals surface area contributed by atoms with Crippen LogP contribution in [0.25, 0.3) is 0 Å². The zero-order valence-electron chi connectivity index (χ0n) is 15.3. The maximum atomic E-state index is 12.4. The third kappa shape index (κ3) is 3.73. The molecule has 0 saturated heterocycles. The number of carbonyl (C=O) groups excluding carboxylic acids is 2. The Morgan fingerprint density at radius 1 is 1.11 bits per heavy atom. The number of allylic oxidation sites excluding steroid dienone is 1. The third-order valence-electron chi connectivity index (χ3n) is 4.74. The molecule has 0 fully saturated rings. The van der Waals surface area contributed by atoms with Gasteiger partial charge in [-0.1, -0.05) is 55.2 Å². The number of nitrogens with zero attached hydrogens (tertiary/aromatic N) is 1. The van der Waals surface area contributed by atoms with Gasteiger partial charge in [-0.2, -0.15) is 0 Å². The smallest absolute Gasteiger partial charge is 0.338 e. The summed E-state index contributed by atoms with van der Waals surface area (Å²) < 4.78 is 5.12. The number of ether oxygens (including phenoxy) is 1. The van der Waals surface area contributed by atoms with Crippen molar-refractivity contribution in [1.29, 1.82) is 0 Å². The van der Waals surface area contributed by atoms with Crippen LogP contribution in [0, 0.1) is 0 Å². The predicted molar refractivity (Wildman–Crippen MR) is 108 cm³/mol. The van der Waals surface area contributed by atoms with Crippen LogP contribution in [0.3, 0.4) is 0 Å². The number of hydrogen-bond donors (Lipinski definition) is 0. The average Bonchev–Trinajstić information content (AvgIpc) is 2.83. The van der Waals surface area contributed by atoms with E-state index in [0.717, 1.165) is 16.9 Å². The molecule has 0 N–H and O–H groups in total. The number of esters is 1. The quantitative estimate of drug-likeness (QED) is 0.530. The Kier molecular flexibility index (Phi) is 5.31. The number of rotatable bonds is 4. The minimum absolute atomic E-state index is 0.246. The van der Waals surface area contributed by atoms with Gasteiger partial charge in [-0.3, -0.25) is 4.79 Å². The van der Waals surface area contributed by atoms with Crippen molar-refractivity contribution in [3.63, 3.8) is 0 Å². The largest absolute Gasteiger partial charge is 0.454 e. The summed E-state index contributed by atoms with van der Waals surface area (Å²) in [7, 11) is 1.93. The lowest BCUT2D eigenvalue weighted by atomic mass is 9.83. The zero-order valence-corrected chi connectivity index (χ0v) is 16.8. The molecular weight excluding hydrogens is 385 g/mol. The van der Waals surface area contributed by atoms with E-state index >= 15 is 0 Å². The molecule has 0 spiro atoms. The molecule has 0 radical (unpaired) electrons. The number of ketones is 1. The summed E-state index contributed by atoms with van der Waals surface area (Å²) in [6, 6.07) is 12.5. The molecule has 0 unspecified atom stereocenters. The molecule has 0 saturated carbocycles. The monoisotopic (exact) mass is 403 g/mol. The van der Waals surface area contributed by atoms with E-state index in [-0.39, 0.29) is 28.4 Å². The van der Waals surface area contributed by atoms with Gasteiger partial charge in [-0.15, -0.1) is 0 Å². The summed E-state index contributed by atoms with van der Waals surface area (Å²) in [4.78, 5) is 26.5. The number of likely N-dealkylation sites (N-methyl/N-ethyl adjacent to an activating group) is 1. The molecule has 3 rings (SSSR count). The molecule has 140 valence electrons. The summed E-state index contributed by atoms with van der Waals surface area (Å²) in [6.45, 7) is 3.79. The van der Waals surface area contributed by atoms with E-state index in [9.17, 15) is 9.59 Å². The van der Waals surface area contributed by atoms with Crippen molar-refractivity contribution in [1.82, 2.24) is 0 Å². The van der Waals surface area contributed by atoms with Gasteiger partial charge in [-0.25, -0.2) is 4.79 Å². The van der Waals surface area contributed by atoms with E-state index < -0.39 is 5.97 Å². The molecule has 0 aliphatic carbocycles. The van der Waals surface area contributed by atoms with Gasteiger partial charge in [0.2, 0.25) is 0 Å². The Labute approximate surface area is 168 Å². The van der Waals surface area contributed by atoms with Crippen LogP contribution in [0.2, 0.25) is 10.0 Å². The lowest BCUT2D eigenvalue weighted by Gasteiger charge is -2.23. The van der Waals surface area contributed by atoms with Gasteiger partial charge in [0.05, 0.1) is 15.6 Å². The zero-order chi connectivity index (χ0) is 19.8. The standard InChI is InChI=1S/C21H19Cl2NO3/c1-21(2)15-6-4-5-7-18(15)24(3)19(21)11-14(25)12-27-20(26)13-8-9-16(22)17(23)10-13/h4-11H,12H2,1-3H3. The molecule has 2 aromatic rings. The summed E-state index contributed by atoms with van der Waals surface area (Å²) in [5.41, 5.74) is 3.01. The van der Waals surface area contributed by atoms with Crippen LogP contribution in [-0.2, 0) is 14.9 Å². The average molecular weight is 404 g/mol. The number of benzene rings is 2. The highest BCUT2D eigenvalue weighted by atomic mass is 35.5. The van der Waals surface area contributed by atoms with Gasteiger partial charge in [0.1, 0.15) is 0 Å². The Morgan fingerprint density at radius 3 is 2.48 bits per heavy atom. The first kappa shape index (κ1) is 19.5. The fourth-order valence-electron chi connectivity index (χ4n) is 3.30. The maximum absolute atomic E-state index is 12.4. The van der Waals surface area contributed by atoms with Crippen molar-refractivity contribution in [2.24, 2.45) is 0 Å². The van der Waals surface area contributed by atoms with E-state index in [4.69, 9.17) is 27.9 Å². The summed E-state index contributed by atoms with van der Waals surface area (Å²) >= 11 is 11.7. The van der Waals surface area contributed by atoms with Gasteiger partial charge < -0.3 is 9.64 Å². The Bertz CT molecular complexity index is 950. The number of hydrogen-bond acceptors (Lipinski definition) is 4. The van der Waals surface area contributed by atoms with Crippen LogP contribution in [0.5, 0.6) is 0 Å². The van der Waals surface area contributed by atoms with Crippen molar-refractivity contribution in [3.8, 4) is 0 Å². The molecule has 6 heteroatoms. The molecule has 1 aliphatic rings. The Hall–Kier alpha value is -2.30. The molecule has 0 amide bonds. The van der Waals surface area contributed by atoms with E-state index in [0.29, 0.717) is 5.02 Å². The van der Waals surface area contributed by atoms with Crippen LogP contribution in [0.15, 0.2) is 54.2 Å². The first-order valence-electron chi connectivity index (χ1n) is 8.42. The minimum atomic E-state index is -0.623. The molecule has 2 aromatic carbocycles. The highest BCUT2D eigenvalue weighted by Gasteiger charge is 2.38. The highest BCUT2D eigenvalue weighted by molar-refractivity contribution is 6.42. The lowest BCUT2D eigenvalue weighted by Crippen LogP contribution is -2.25. The van der Waals surface area contributed by atoms with Crippen molar-refractivity contribution in [2.75, 3.05) is 18.6 Å². The summed E-state index contributed by atoms with van der Waals surface area (Å²) in [5, 5.41) is 0.603. The predicted octanol–water partition coefficient (Wildman–Crippen LogP) is 5.03. The second kappa shape index (κ2) is 7.37. The SMILES string of the molecule is CN1C(=CC(=O)COC(=O)c2ccc(Cl)c(Cl)c2)C(C)(C)c2ccccc21. The van der Waals surface area contributed by atoms with Crippen LogP contribution in [-0.4, -0.2) is 25.4 Å². The van der Waals surface area contributed by atoms with Crippen LogP contribution >= 0.6 is 23.2 Å². The molecule has 1 heterocycles. The van der Waals surface area contributed by atoms with Crippen molar-refractivity contribution < 1.29 is 14.3 Å². The number of carbonyl (C=O) groups is 2. The molecule has 1 aliphatic heterocycles. The lowest BCUT2D eigenvalue weighted by molar-refractivity contribution is -0.117. The molecule has 0 aromatic heterocycles. The third-order valence-corrected chi connectivity index (χ3v) is 5.48. The number of anilines is 1. The van der Waals surface area contributed by atoms with E-state index in [1.807, 2.05) is 30.1 Å². The Balaban J connectivity index is 1.72. The molecule has 4 nitrogen and oxygen atoms in total. The first-order chi connectivity index (χ1) is 12.7. The molecule has 0 atom stereocenters. The van der Waals surface area contributed by atoms with E-state index in [1.54, 1.807) is 6.08 Å².